The van der Waals surface area contributed by atoms with E-state index in [1.807, 2.05) is 13.8 Å². The van der Waals surface area contributed by atoms with Crippen LogP contribution in [0.5, 0.6) is 0 Å². The van der Waals surface area contributed by atoms with Crippen LogP contribution in [0.4, 0.5) is 0 Å². The van der Waals surface area contributed by atoms with E-state index in [0.717, 1.165) is 30.6 Å². The van der Waals surface area contributed by atoms with Gasteiger partial charge in [0.1, 0.15) is 11.6 Å². The third kappa shape index (κ3) is 7.30. The van der Waals surface area contributed by atoms with E-state index in [1.165, 1.54) is 29.2 Å². The minimum absolute atomic E-state index is 0.0456. The molecule has 0 radical (unpaired) electrons. The SMILES string of the molecule is CC(C)C(=O)C1CCCC(CN2C(=O)C=CC2=O)C1.CC(C)C(=O)CCN1C(=O)C=CC1=O. The number of hydrogen-bond acceptors (Lipinski definition) is 6. The first-order valence-corrected chi connectivity index (χ1v) is 11.6. The van der Waals surface area contributed by atoms with Crippen molar-refractivity contribution < 1.29 is 28.8 Å². The lowest BCUT2D eigenvalue weighted by atomic mass is 9.77. The molecule has 1 saturated carbocycles. The first-order valence-electron chi connectivity index (χ1n) is 11.6. The summed E-state index contributed by atoms with van der Waals surface area (Å²) < 4.78 is 0. The average molecular weight is 459 g/mol. The van der Waals surface area contributed by atoms with E-state index in [-0.39, 0.29) is 66.0 Å². The van der Waals surface area contributed by atoms with Gasteiger partial charge in [-0.15, -0.1) is 0 Å². The molecule has 2 unspecified atom stereocenters. The number of carbonyl (C=O) groups excluding carboxylic acids is 6. The second-order valence-electron chi connectivity index (χ2n) is 9.44. The van der Waals surface area contributed by atoms with Crippen LogP contribution >= 0.6 is 0 Å². The van der Waals surface area contributed by atoms with Gasteiger partial charge < -0.3 is 0 Å². The van der Waals surface area contributed by atoms with Crippen molar-refractivity contribution in [1.29, 1.82) is 0 Å². The van der Waals surface area contributed by atoms with Crippen LogP contribution < -0.4 is 0 Å². The fourth-order valence-electron chi connectivity index (χ4n) is 4.22. The Kier molecular flexibility index (Phi) is 9.44. The van der Waals surface area contributed by atoms with Crippen LogP contribution in [0.25, 0.3) is 0 Å². The first-order chi connectivity index (χ1) is 15.5. The third-order valence-corrected chi connectivity index (χ3v) is 6.22. The highest BCUT2D eigenvalue weighted by Gasteiger charge is 2.32. The summed E-state index contributed by atoms with van der Waals surface area (Å²) >= 11 is 0. The summed E-state index contributed by atoms with van der Waals surface area (Å²) in [7, 11) is 0. The zero-order chi connectivity index (χ0) is 24.7. The number of Topliss-reactive ketones (excluding diaryl/α,β-unsaturated/α-hetero) is 2. The summed E-state index contributed by atoms with van der Waals surface area (Å²) in [5.74, 6) is -0.299. The van der Waals surface area contributed by atoms with Gasteiger partial charge >= 0.3 is 0 Å². The van der Waals surface area contributed by atoms with Crippen LogP contribution in [-0.2, 0) is 28.8 Å². The Morgan fingerprint density at radius 2 is 1.33 bits per heavy atom. The Balaban J connectivity index is 0.000000245. The van der Waals surface area contributed by atoms with Gasteiger partial charge in [-0.1, -0.05) is 34.1 Å². The highest BCUT2D eigenvalue weighted by Crippen LogP contribution is 2.32. The van der Waals surface area contributed by atoms with Gasteiger partial charge in [0.05, 0.1) is 0 Å². The predicted molar refractivity (Wildman–Crippen MR) is 121 cm³/mol. The minimum Gasteiger partial charge on any atom is -0.299 e. The summed E-state index contributed by atoms with van der Waals surface area (Å²) in [6.07, 6.45) is 9.11. The van der Waals surface area contributed by atoms with E-state index in [4.69, 9.17) is 0 Å². The van der Waals surface area contributed by atoms with Crippen LogP contribution in [0.1, 0.15) is 59.8 Å². The lowest BCUT2D eigenvalue weighted by Crippen LogP contribution is -2.37. The maximum atomic E-state index is 12.0. The number of carbonyl (C=O) groups is 6. The van der Waals surface area contributed by atoms with Crippen molar-refractivity contribution in [2.24, 2.45) is 23.7 Å². The van der Waals surface area contributed by atoms with Gasteiger partial charge in [-0.3, -0.25) is 38.6 Å². The molecule has 4 amide bonds. The van der Waals surface area contributed by atoms with Gasteiger partial charge in [-0.25, -0.2) is 0 Å². The molecule has 0 aromatic heterocycles. The Morgan fingerprint density at radius 3 is 1.82 bits per heavy atom. The second-order valence-corrected chi connectivity index (χ2v) is 9.44. The summed E-state index contributed by atoms with van der Waals surface area (Å²) in [5, 5.41) is 0. The molecule has 1 aliphatic carbocycles. The average Bonchev–Trinajstić information content (AvgIpc) is 3.27. The molecule has 2 aliphatic heterocycles. The molecule has 180 valence electrons. The fourth-order valence-corrected chi connectivity index (χ4v) is 4.22. The highest BCUT2D eigenvalue weighted by atomic mass is 16.2. The Hall–Kier alpha value is -2.90. The molecule has 0 aromatic rings. The van der Waals surface area contributed by atoms with Crippen LogP contribution in [-0.4, -0.2) is 58.1 Å². The molecule has 3 aliphatic rings. The Labute approximate surface area is 195 Å². The molecule has 8 heteroatoms. The van der Waals surface area contributed by atoms with Gasteiger partial charge in [0.2, 0.25) is 0 Å². The molecular formula is C25H34N2O6. The zero-order valence-electron chi connectivity index (χ0n) is 19.9. The summed E-state index contributed by atoms with van der Waals surface area (Å²) in [5.41, 5.74) is 0. The molecular weight excluding hydrogens is 424 g/mol. The number of amides is 4. The lowest BCUT2D eigenvalue weighted by molar-refractivity contribution is -0.139. The maximum Gasteiger partial charge on any atom is 0.253 e. The molecule has 0 N–H and O–H groups in total. The number of hydrogen-bond donors (Lipinski definition) is 0. The van der Waals surface area contributed by atoms with E-state index >= 15 is 0 Å². The van der Waals surface area contributed by atoms with Crippen molar-refractivity contribution >= 4 is 35.2 Å². The molecule has 0 spiro atoms. The molecule has 1 fully saturated rings. The van der Waals surface area contributed by atoms with Crippen molar-refractivity contribution in [3.63, 3.8) is 0 Å². The van der Waals surface area contributed by atoms with Gasteiger partial charge in [-0.2, -0.15) is 0 Å². The van der Waals surface area contributed by atoms with Crippen molar-refractivity contribution in [2.45, 2.75) is 59.8 Å². The van der Waals surface area contributed by atoms with Gasteiger partial charge in [0.25, 0.3) is 23.6 Å². The molecule has 2 atom stereocenters. The van der Waals surface area contributed by atoms with Gasteiger partial charge in [-0.05, 0) is 25.2 Å². The molecule has 0 saturated heterocycles. The van der Waals surface area contributed by atoms with Crippen molar-refractivity contribution in [3.8, 4) is 0 Å². The molecule has 2 heterocycles. The van der Waals surface area contributed by atoms with Crippen molar-refractivity contribution in [1.82, 2.24) is 9.80 Å². The first kappa shape index (κ1) is 26.4. The van der Waals surface area contributed by atoms with E-state index in [0.29, 0.717) is 12.3 Å². The second kappa shape index (κ2) is 11.8. The third-order valence-electron chi connectivity index (χ3n) is 6.22. The minimum atomic E-state index is -0.327. The van der Waals surface area contributed by atoms with Gasteiger partial charge in [0, 0.05) is 61.6 Å². The monoisotopic (exact) mass is 458 g/mol. The maximum absolute atomic E-state index is 12.0. The van der Waals surface area contributed by atoms with Crippen LogP contribution in [0, 0.1) is 23.7 Å². The number of nitrogens with zero attached hydrogens (tertiary/aromatic N) is 2. The summed E-state index contributed by atoms with van der Waals surface area (Å²) in [6, 6.07) is 0. The largest absolute Gasteiger partial charge is 0.299 e. The van der Waals surface area contributed by atoms with Crippen LogP contribution in [0.2, 0.25) is 0 Å². The van der Waals surface area contributed by atoms with Crippen LogP contribution in [0.3, 0.4) is 0 Å². The van der Waals surface area contributed by atoms with E-state index in [1.54, 1.807) is 13.8 Å². The number of ketones is 2. The van der Waals surface area contributed by atoms with Gasteiger partial charge in [0.15, 0.2) is 0 Å². The molecule has 33 heavy (non-hydrogen) atoms. The standard InChI is InChI=1S/C15H21NO3.C10H13NO3/c1-10(2)15(19)12-5-3-4-11(8-12)9-16-13(17)6-7-14(16)18;1-7(2)8(12)5-6-11-9(13)3-4-10(11)14/h6-7,10-12H,3-5,8-9H2,1-2H3;3-4,7H,5-6H2,1-2H3. The normalized spacial score (nSPS) is 22.5. The molecule has 3 rings (SSSR count). The number of imide groups is 2. The van der Waals surface area contributed by atoms with Crippen molar-refractivity contribution in [3.05, 3.63) is 24.3 Å². The Morgan fingerprint density at radius 1 is 0.818 bits per heavy atom. The molecule has 0 aromatic carbocycles. The highest BCUT2D eigenvalue weighted by molar-refractivity contribution is 6.13. The van der Waals surface area contributed by atoms with E-state index < -0.39 is 0 Å². The topological polar surface area (TPSA) is 109 Å². The fraction of sp³-hybridized carbons (Fsp3) is 0.600. The smallest absolute Gasteiger partial charge is 0.253 e. The molecule has 0 bridgehead atoms. The zero-order valence-corrected chi connectivity index (χ0v) is 19.9. The van der Waals surface area contributed by atoms with Crippen molar-refractivity contribution in [2.75, 3.05) is 13.1 Å². The van der Waals surface area contributed by atoms with E-state index in [9.17, 15) is 28.8 Å². The summed E-state index contributed by atoms with van der Waals surface area (Å²) in [6.45, 7) is 8.13. The summed E-state index contributed by atoms with van der Waals surface area (Å²) in [4.78, 5) is 70.9. The lowest BCUT2D eigenvalue weighted by Gasteiger charge is -2.31. The van der Waals surface area contributed by atoms with Crippen LogP contribution in [0.15, 0.2) is 24.3 Å². The van der Waals surface area contributed by atoms with E-state index in [2.05, 4.69) is 0 Å². The molecule has 8 nitrogen and oxygen atoms in total. The predicted octanol–water partition coefficient (Wildman–Crippen LogP) is 2.47. The Bertz CT molecular complexity index is 834. The quantitative estimate of drug-likeness (QED) is 0.517. The number of rotatable bonds is 8.